The van der Waals surface area contributed by atoms with Crippen molar-refractivity contribution < 1.29 is 23.2 Å². The molecule has 4 rings (SSSR count). The highest BCUT2D eigenvalue weighted by atomic mass is 19.3. The van der Waals surface area contributed by atoms with Crippen molar-refractivity contribution in [2.75, 3.05) is 6.54 Å². The number of nitrogens with zero attached hydrogens (tertiary/aromatic N) is 2. The van der Waals surface area contributed by atoms with Gasteiger partial charge in [0.05, 0.1) is 18.2 Å². The lowest BCUT2D eigenvalue weighted by molar-refractivity contribution is -0.135. The fraction of sp³-hybridized carbons (Fsp3) is 0.333. The number of urea groups is 1. The van der Waals surface area contributed by atoms with E-state index in [1.54, 1.807) is 36.4 Å². The zero-order valence-corrected chi connectivity index (χ0v) is 17.2. The van der Waals surface area contributed by atoms with E-state index in [2.05, 4.69) is 11.4 Å². The summed E-state index contributed by atoms with van der Waals surface area (Å²) in [6.45, 7) is -0.445. The minimum Gasteiger partial charge on any atom is -0.323 e. The Kier molecular flexibility index (Phi) is 5.51. The zero-order chi connectivity index (χ0) is 22.9. The Morgan fingerprint density at radius 3 is 2.34 bits per heavy atom. The van der Waals surface area contributed by atoms with E-state index in [0.717, 1.165) is 16.0 Å². The first-order valence-electron chi connectivity index (χ1n) is 10.4. The van der Waals surface area contributed by atoms with E-state index in [-0.39, 0.29) is 12.8 Å². The Morgan fingerprint density at radius 2 is 1.69 bits per heavy atom. The Labute approximate surface area is 183 Å². The molecule has 164 valence electrons. The lowest BCUT2D eigenvalue weighted by Gasteiger charge is -2.34. The second-order valence-corrected chi connectivity index (χ2v) is 8.33. The molecule has 8 heteroatoms. The molecular formula is C24H21F2N3O3. The summed E-state index contributed by atoms with van der Waals surface area (Å²) >= 11 is 0. The summed E-state index contributed by atoms with van der Waals surface area (Å²) < 4.78 is 27.0. The highest BCUT2D eigenvalue weighted by molar-refractivity contribution is 6.11. The number of hydrogen-bond donors (Lipinski definition) is 1. The fourth-order valence-electron chi connectivity index (χ4n) is 4.25. The average molecular weight is 437 g/mol. The molecule has 6 nitrogen and oxygen atoms in total. The smallest absolute Gasteiger partial charge is 0.323 e. The van der Waals surface area contributed by atoms with E-state index in [1.165, 1.54) is 0 Å². The quantitative estimate of drug-likeness (QED) is 0.569. The molecule has 1 saturated carbocycles. The van der Waals surface area contributed by atoms with E-state index in [0.29, 0.717) is 17.5 Å². The van der Waals surface area contributed by atoms with Crippen molar-refractivity contribution in [2.24, 2.45) is 0 Å². The minimum absolute atomic E-state index is 0.145. The highest BCUT2D eigenvalue weighted by Crippen LogP contribution is 2.41. The highest BCUT2D eigenvalue weighted by Gasteiger charge is 2.55. The predicted octanol–water partition coefficient (Wildman–Crippen LogP) is 3.83. The van der Waals surface area contributed by atoms with Crippen LogP contribution in [0.1, 0.15) is 52.7 Å². The van der Waals surface area contributed by atoms with Crippen molar-refractivity contribution in [3.8, 4) is 6.07 Å². The maximum Gasteiger partial charge on any atom is 0.325 e. The third-order valence-corrected chi connectivity index (χ3v) is 6.19. The predicted molar refractivity (Wildman–Crippen MR) is 111 cm³/mol. The first-order valence-corrected chi connectivity index (χ1v) is 10.4. The number of halogens is 2. The van der Waals surface area contributed by atoms with Crippen molar-refractivity contribution >= 4 is 17.7 Å². The van der Waals surface area contributed by atoms with Gasteiger partial charge in [-0.1, -0.05) is 42.5 Å². The molecule has 0 bridgehead atoms. The number of Topliss-reactive ketones (excluding diaryl/α,β-unsaturated/α-hetero) is 1. The molecule has 1 N–H and O–H groups in total. The van der Waals surface area contributed by atoms with E-state index >= 15 is 0 Å². The minimum atomic E-state index is -2.84. The lowest BCUT2D eigenvalue weighted by atomic mass is 9.80. The molecule has 0 radical (unpaired) electrons. The summed E-state index contributed by atoms with van der Waals surface area (Å²) in [5.41, 5.74) is 1.36. The van der Waals surface area contributed by atoms with Gasteiger partial charge in [-0.15, -0.1) is 0 Å². The normalized spacial score (nSPS) is 19.0. The van der Waals surface area contributed by atoms with Crippen LogP contribution in [0.15, 0.2) is 48.5 Å². The molecule has 2 fully saturated rings. The zero-order valence-electron chi connectivity index (χ0n) is 17.2. The number of nitrogens with one attached hydrogen (secondary N) is 1. The second-order valence-electron chi connectivity index (χ2n) is 8.33. The fourth-order valence-corrected chi connectivity index (χ4v) is 4.25. The summed E-state index contributed by atoms with van der Waals surface area (Å²) in [4.78, 5) is 38.7. The maximum absolute atomic E-state index is 13.5. The number of hydrogen-bond acceptors (Lipinski definition) is 4. The van der Waals surface area contributed by atoms with E-state index in [4.69, 9.17) is 0 Å². The molecule has 1 aliphatic carbocycles. The summed E-state index contributed by atoms with van der Waals surface area (Å²) in [5.74, 6) is -3.87. The number of benzene rings is 2. The van der Waals surface area contributed by atoms with Crippen LogP contribution < -0.4 is 5.32 Å². The van der Waals surface area contributed by atoms with Gasteiger partial charge in [0.15, 0.2) is 5.78 Å². The Bertz CT molecular complexity index is 1110. The topological polar surface area (TPSA) is 90.3 Å². The molecular weight excluding hydrogens is 416 g/mol. The van der Waals surface area contributed by atoms with E-state index < -0.39 is 48.6 Å². The number of imide groups is 1. The van der Waals surface area contributed by atoms with Crippen LogP contribution in [0.2, 0.25) is 0 Å². The maximum atomic E-state index is 13.5. The first kappa shape index (κ1) is 21.6. The number of rotatable bonds is 5. The van der Waals surface area contributed by atoms with Gasteiger partial charge in [0.1, 0.15) is 5.54 Å². The summed E-state index contributed by atoms with van der Waals surface area (Å²) in [6, 6.07) is 15.4. The number of amides is 3. The van der Waals surface area contributed by atoms with Gasteiger partial charge in [-0.25, -0.2) is 13.6 Å². The monoisotopic (exact) mass is 437 g/mol. The molecule has 1 aliphatic heterocycles. The van der Waals surface area contributed by atoms with E-state index in [9.17, 15) is 28.4 Å². The molecule has 1 heterocycles. The summed E-state index contributed by atoms with van der Waals surface area (Å²) in [6.07, 6.45) is -0.713. The van der Waals surface area contributed by atoms with Crippen molar-refractivity contribution in [2.45, 2.75) is 43.6 Å². The van der Waals surface area contributed by atoms with Crippen LogP contribution in [0, 0.1) is 11.3 Å². The summed E-state index contributed by atoms with van der Waals surface area (Å²) in [5, 5.41) is 11.7. The van der Waals surface area contributed by atoms with Gasteiger partial charge < -0.3 is 5.32 Å². The molecule has 2 aromatic rings. The summed E-state index contributed by atoms with van der Waals surface area (Å²) in [7, 11) is 0. The Morgan fingerprint density at radius 1 is 1.03 bits per heavy atom. The SMILES string of the molecule is N#Cc1ccccc1Cc1ccc(C(=O)CN2C(=O)NC3(CCC(F)(F)CC3)C2=O)cc1. The van der Waals surface area contributed by atoms with Gasteiger partial charge in [0, 0.05) is 18.4 Å². The first-order chi connectivity index (χ1) is 15.2. The number of carbonyl (C=O) groups is 3. The molecule has 32 heavy (non-hydrogen) atoms. The second kappa shape index (κ2) is 8.15. The van der Waals surface area contributed by atoms with Gasteiger partial charge in [-0.05, 0) is 36.5 Å². The molecule has 3 amide bonds. The number of ketones is 1. The van der Waals surface area contributed by atoms with Crippen LogP contribution in [0.3, 0.4) is 0 Å². The van der Waals surface area contributed by atoms with Gasteiger partial charge >= 0.3 is 6.03 Å². The van der Waals surface area contributed by atoms with Crippen LogP contribution >= 0.6 is 0 Å². The van der Waals surface area contributed by atoms with Gasteiger partial charge in [-0.2, -0.15) is 5.26 Å². The van der Waals surface area contributed by atoms with Gasteiger partial charge in [0.25, 0.3) is 5.91 Å². The van der Waals surface area contributed by atoms with Gasteiger partial charge in [-0.3, -0.25) is 14.5 Å². The van der Waals surface area contributed by atoms with Crippen LogP contribution in [0.5, 0.6) is 0 Å². The Balaban J connectivity index is 1.42. The van der Waals surface area contributed by atoms with Crippen LogP contribution in [0.4, 0.5) is 13.6 Å². The van der Waals surface area contributed by atoms with Crippen molar-refractivity contribution in [3.05, 3.63) is 70.8 Å². The van der Waals surface area contributed by atoms with Crippen molar-refractivity contribution in [1.82, 2.24) is 10.2 Å². The van der Waals surface area contributed by atoms with Crippen LogP contribution in [-0.4, -0.2) is 40.6 Å². The number of nitriles is 1. The molecule has 0 unspecified atom stereocenters. The van der Waals surface area contributed by atoms with Crippen molar-refractivity contribution in [1.29, 1.82) is 5.26 Å². The van der Waals surface area contributed by atoms with Crippen molar-refractivity contribution in [3.63, 3.8) is 0 Å². The molecule has 0 atom stereocenters. The lowest BCUT2D eigenvalue weighted by Crippen LogP contribution is -2.51. The molecule has 0 aromatic heterocycles. The third-order valence-electron chi connectivity index (χ3n) is 6.19. The Hall–Kier alpha value is -3.60. The molecule has 1 spiro atoms. The average Bonchev–Trinajstić information content (AvgIpc) is 3.01. The number of carbonyl (C=O) groups excluding carboxylic acids is 3. The molecule has 1 saturated heterocycles. The van der Waals surface area contributed by atoms with Gasteiger partial charge in [0.2, 0.25) is 5.92 Å². The van der Waals surface area contributed by atoms with Crippen LogP contribution in [-0.2, 0) is 11.2 Å². The largest absolute Gasteiger partial charge is 0.325 e. The third kappa shape index (κ3) is 4.11. The van der Waals surface area contributed by atoms with Crippen LogP contribution in [0.25, 0.3) is 0 Å². The molecule has 2 aliphatic rings. The number of alkyl halides is 2. The standard InChI is InChI=1S/C24H21F2N3O3/c25-24(26)11-9-23(10-12-24)21(31)29(22(32)28-23)15-20(30)17-7-5-16(6-8-17)13-18-3-1-2-4-19(18)14-27/h1-8H,9-13,15H2,(H,28,32). The molecule has 2 aromatic carbocycles. The van der Waals surface area contributed by atoms with E-state index in [1.807, 2.05) is 12.1 Å².